The molecule has 1 aromatic carbocycles. The van der Waals surface area contributed by atoms with Crippen molar-refractivity contribution in [2.75, 3.05) is 19.7 Å². The molecule has 1 spiro atoms. The molecule has 2 aliphatic carbocycles. The number of nitrogens with zero attached hydrogens (tertiary/aromatic N) is 1. The number of hydrogen-bond acceptors (Lipinski definition) is 5. The molecule has 33 heavy (non-hydrogen) atoms. The molecule has 0 atom stereocenters. The molecule has 1 aliphatic heterocycles. The minimum absolute atomic E-state index is 0.0115. The summed E-state index contributed by atoms with van der Waals surface area (Å²) in [7, 11) is 0. The molecule has 9 nitrogen and oxygen atoms in total. The Morgan fingerprint density at radius 2 is 1.82 bits per heavy atom. The maximum Gasteiger partial charge on any atom is 0.325 e. The largest absolute Gasteiger partial charge is 0.484 e. The number of hydrogen-bond donors (Lipinski definition) is 3. The minimum Gasteiger partial charge on any atom is -0.484 e. The second-order valence-electron chi connectivity index (χ2n) is 9.15. The zero-order chi connectivity index (χ0) is 23.3. The van der Waals surface area contributed by atoms with Crippen molar-refractivity contribution in [1.29, 1.82) is 0 Å². The summed E-state index contributed by atoms with van der Waals surface area (Å²) in [5.41, 5.74) is 0.356. The number of amides is 5. The zero-order valence-corrected chi connectivity index (χ0v) is 18.9. The van der Waals surface area contributed by atoms with Crippen LogP contribution in [0, 0.1) is 0 Å². The SMILES string of the molecule is O=C(CCCN1C(=O)NC2(CCCC2)C1=O)NCCc1ccc(OCC(=O)NC2CC2)cc1. The molecule has 3 aliphatic rings. The van der Waals surface area contributed by atoms with Crippen LogP contribution in [0.3, 0.4) is 0 Å². The molecule has 3 fully saturated rings. The van der Waals surface area contributed by atoms with E-state index in [1.165, 1.54) is 4.90 Å². The molecule has 0 radical (unpaired) electrons. The van der Waals surface area contributed by atoms with E-state index in [0.717, 1.165) is 31.2 Å². The molecule has 5 amide bonds. The molecule has 1 aromatic rings. The lowest BCUT2D eigenvalue weighted by Gasteiger charge is -2.19. The van der Waals surface area contributed by atoms with Gasteiger partial charge in [0.25, 0.3) is 11.8 Å². The molecule has 178 valence electrons. The van der Waals surface area contributed by atoms with E-state index in [9.17, 15) is 19.2 Å². The normalized spacial score (nSPS) is 19.0. The van der Waals surface area contributed by atoms with E-state index in [1.54, 1.807) is 0 Å². The summed E-state index contributed by atoms with van der Waals surface area (Å²) < 4.78 is 5.49. The average Bonchev–Trinajstić information content (AvgIpc) is 3.43. The van der Waals surface area contributed by atoms with Crippen LogP contribution in [-0.2, 0) is 20.8 Å². The van der Waals surface area contributed by atoms with Crippen LogP contribution in [-0.4, -0.2) is 59.9 Å². The van der Waals surface area contributed by atoms with Crippen molar-refractivity contribution in [3.05, 3.63) is 29.8 Å². The molecule has 1 heterocycles. The van der Waals surface area contributed by atoms with Crippen molar-refractivity contribution in [2.45, 2.75) is 69.4 Å². The first-order valence-electron chi connectivity index (χ1n) is 11.9. The van der Waals surface area contributed by atoms with Crippen LogP contribution in [0.4, 0.5) is 4.79 Å². The van der Waals surface area contributed by atoms with Gasteiger partial charge in [-0.15, -0.1) is 0 Å². The summed E-state index contributed by atoms with van der Waals surface area (Å²) in [6.07, 6.45) is 6.80. The monoisotopic (exact) mass is 456 g/mol. The Balaban J connectivity index is 1.10. The van der Waals surface area contributed by atoms with Crippen LogP contribution in [0.1, 0.15) is 56.9 Å². The van der Waals surface area contributed by atoms with Gasteiger partial charge in [0.05, 0.1) is 0 Å². The highest BCUT2D eigenvalue weighted by Crippen LogP contribution is 2.35. The second kappa shape index (κ2) is 10.2. The van der Waals surface area contributed by atoms with Gasteiger partial charge in [-0.3, -0.25) is 19.3 Å². The van der Waals surface area contributed by atoms with Gasteiger partial charge in [-0.25, -0.2) is 4.79 Å². The fourth-order valence-electron chi connectivity index (χ4n) is 4.43. The third-order valence-electron chi connectivity index (χ3n) is 6.46. The Hall–Kier alpha value is -3.10. The first-order valence-corrected chi connectivity index (χ1v) is 11.9. The molecule has 1 saturated heterocycles. The highest BCUT2D eigenvalue weighted by atomic mass is 16.5. The van der Waals surface area contributed by atoms with Crippen LogP contribution in [0.15, 0.2) is 24.3 Å². The summed E-state index contributed by atoms with van der Waals surface area (Å²) in [6.45, 7) is 0.770. The predicted molar refractivity (Wildman–Crippen MR) is 120 cm³/mol. The van der Waals surface area contributed by atoms with Crippen LogP contribution in [0.2, 0.25) is 0 Å². The Bertz CT molecular complexity index is 891. The van der Waals surface area contributed by atoms with Gasteiger partial charge in [-0.1, -0.05) is 25.0 Å². The number of imide groups is 1. The average molecular weight is 457 g/mol. The van der Waals surface area contributed by atoms with E-state index in [0.29, 0.717) is 44.0 Å². The lowest BCUT2D eigenvalue weighted by molar-refractivity contribution is -0.131. The summed E-state index contributed by atoms with van der Waals surface area (Å²) in [4.78, 5) is 49.8. The van der Waals surface area contributed by atoms with Crippen LogP contribution in [0.5, 0.6) is 5.75 Å². The van der Waals surface area contributed by atoms with E-state index in [-0.39, 0.29) is 43.3 Å². The lowest BCUT2D eigenvalue weighted by Crippen LogP contribution is -2.44. The number of ether oxygens (including phenoxy) is 1. The van der Waals surface area contributed by atoms with Crippen molar-refractivity contribution in [2.24, 2.45) is 0 Å². The van der Waals surface area contributed by atoms with Gasteiger partial charge in [-0.2, -0.15) is 0 Å². The molecule has 0 unspecified atom stereocenters. The van der Waals surface area contributed by atoms with Crippen LogP contribution in [0.25, 0.3) is 0 Å². The predicted octanol–water partition coefficient (Wildman–Crippen LogP) is 1.65. The molecule has 3 N–H and O–H groups in total. The van der Waals surface area contributed by atoms with E-state index < -0.39 is 5.54 Å². The third kappa shape index (κ3) is 6.03. The molecule has 2 saturated carbocycles. The van der Waals surface area contributed by atoms with Crippen molar-refractivity contribution < 1.29 is 23.9 Å². The standard InChI is InChI=1S/C24H32N4O5/c29-20(4-3-15-28-22(31)24(27-23(28)32)12-1-2-13-24)25-14-11-17-5-9-19(10-6-17)33-16-21(30)26-18-7-8-18/h5-6,9-10,18H,1-4,7-8,11-16H2,(H,25,29)(H,26,30)(H,27,32). The Kier molecular flexibility index (Phi) is 7.15. The Morgan fingerprint density at radius 3 is 2.52 bits per heavy atom. The molecule has 9 heteroatoms. The number of rotatable bonds is 11. The number of benzene rings is 1. The smallest absolute Gasteiger partial charge is 0.325 e. The Morgan fingerprint density at radius 1 is 1.09 bits per heavy atom. The van der Waals surface area contributed by atoms with Gasteiger partial charge in [-0.05, 0) is 56.2 Å². The van der Waals surface area contributed by atoms with Crippen LogP contribution >= 0.6 is 0 Å². The third-order valence-corrected chi connectivity index (χ3v) is 6.46. The topological polar surface area (TPSA) is 117 Å². The number of urea groups is 1. The number of carbonyl (C=O) groups excluding carboxylic acids is 4. The summed E-state index contributed by atoms with van der Waals surface area (Å²) in [5, 5.41) is 8.61. The molecule has 4 rings (SSSR count). The van der Waals surface area contributed by atoms with Gasteiger partial charge >= 0.3 is 6.03 Å². The van der Waals surface area contributed by atoms with Crippen molar-refractivity contribution >= 4 is 23.8 Å². The quantitative estimate of drug-likeness (QED) is 0.438. The van der Waals surface area contributed by atoms with Gasteiger partial charge < -0.3 is 20.7 Å². The number of carbonyl (C=O) groups is 4. The highest BCUT2D eigenvalue weighted by molar-refractivity contribution is 6.07. The first kappa shape index (κ1) is 23.1. The van der Waals surface area contributed by atoms with E-state index in [1.807, 2.05) is 24.3 Å². The number of nitrogens with one attached hydrogen (secondary N) is 3. The van der Waals surface area contributed by atoms with Crippen molar-refractivity contribution in [1.82, 2.24) is 20.9 Å². The maximum absolute atomic E-state index is 12.6. The summed E-state index contributed by atoms with van der Waals surface area (Å²) >= 11 is 0. The van der Waals surface area contributed by atoms with Crippen molar-refractivity contribution in [3.63, 3.8) is 0 Å². The Labute approximate surface area is 193 Å². The maximum atomic E-state index is 12.6. The zero-order valence-electron chi connectivity index (χ0n) is 18.9. The van der Waals surface area contributed by atoms with Gasteiger partial charge in [0.2, 0.25) is 5.91 Å². The van der Waals surface area contributed by atoms with Gasteiger partial charge in [0.1, 0.15) is 11.3 Å². The lowest BCUT2D eigenvalue weighted by atomic mass is 9.98. The molecular formula is C24H32N4O5. The highest BCUT2D eigenvalue weighted by Gasteiger charge is 2.52. The first-order chi connectivity index (χ1) is 15.9. The molecular weight excluding hydrogens is 424 g/mol. The minimum atomic E-state index is -0.692. The van der Waals surface area contributed by atoms with Gasteiger partial charge in [0, 0.05) is 25.6 Å². The van der Waals surface area contributed by atoms with E-state index in [4.69, 9.17) is 4.74 Å². The fourth-order valence-corrected chi connectivity index (χ4v) is 4.43. The molecule has 0 aromatic heterocycles. The van der Waals surface area contributed by atoms with E-state index in [2.05, 4.69) is 16.0 Å². The molecule has 0 bridgehead atoms. The van der Waals surface area contributed by atoms with E-state index >= 15 is 0 Å². The van der Waals surface area contributed by atoms with Crippen LogP contribution < -0.4 is 20.7 Å². The summed E-state index contributed by atoms with van der Waals surface area (Å²) in [5.74, 6) is 0.298. The summed E-state index contributed by atoms with van der Waals surface area (Å²) in [6, 6.07) is 7.45. The fraction of sp³-hybridized carbons (Fsp3) is 0.583. The second-order valence-corrected chi connectivity index (χ2v) is 9.15. The van der Waals surface area contributed by atoms with Gasteiger partial charge in [0.15, 0.2) is 6.61 Å². The van der Waals surface area contributed by atoms with Crippen molar-refractivity contribution in [3.8, 4) is 5.75 Å².